The van der Waals surface area contributed by atoms with E-state index in [0.717, 1.165) is 15.6 Å². The van der Waals surface area contributed by atoms with Crippen molar-refractivity contribution in [1.29, 1.82) is 0 Å². The summed E-state index contributed by atoms with van der Waals surface area (Å²) < 4.78 is 29.6. The van der Waals surface area contributed by atoms with Gasteiger partial charge in [0.15, 0.2) is 0 Å². The molecule has 2 aromatic rings. The van der Waals surface area contributed by atoms with E-state index in [1.165, 1.54) is 9.54 Å². The molecule has 0 amide bonds. The van der Waals surface area contributed by atoms with Crippen LogP contribution in [0.25, 0.3) is 0 Å². The second-order valence-corrected chi connectivity index (χ2v) is 10.8. The van der Waals surface area contributed by atoms with Crippen LogP contribution in [-0.4, -0.2) is 12.4 Å². The Hall–Kier alpha value is -0.590. The summed E-state index contributed by atoms with van der Waals surface area (Å²) >= 11 is 6.72. The Morgan fingerprint density at radius 2 is 1.32 bits per heavy atom. The summed E-state index contributed by atoms with van der Waals surface area (Å²) in [6.45, 7) is 12.5. The summed E-state index contributed by atoms with van der Waals surface area (Å²) in [4.78, 5) is 0.436. The third-order valence-corrected chi connectivity index (χ3v) is 7.39. The van der Waals surface area contributed by atoms with Gasteiger partial charge in [0.05, 0.1) is 4.90 Å². The van der Waals surface area contributed by atoms with Crippen LogP contribution in [0.2, 0.25) is 0 Å². The molecular weight excluding hydrogens is 466 g/mol. The molecule has 0 spiro atoms. The third kappa shape index (κ3) is 4.06. The Morgan fingerprint density at radius 3 is 1.64 bits per heavy atom. The maximum Gasteiger partial charge on any atom is 0.269 e. The molecule has 0 aliphatic rings. The molecule has 0 aliphatic carbocycles. The first-order chi connectivity index (χ1) is 11.5. The number of aromatic nitrogens is 1. The highest BCUT2D eigenvalue weighted by Gasteiger charge is 2.29. The number of benzene rings is 1. The molecule has 2 rings (SSSR count). The van der Waals surface area contributed by atoms with Crippen molar-refractivity contribution in [2.24, 2.45) is 0 Å². The minimum atomic E-state index is -3.70. The first-order valence-electron chi connectivity index (χ1n) is 8.43. The molecule has 6 heteroatoms. The molecule has 1 aromatic heterocycles. The van der Waals surface area contributed by atoms with E-state index in [4.69, 9.17) is 0 Å². The number of nitrogens with zero attached hydrogens (tertiary/aromatic N) is 1. The molecule has 0 unspecified atom stereocenters. The molecule has 1 aromatic carbocycles. The van der Waals surface area contributed by atoms with Gasteiger partial charge in [0.25, 0.3) is 10.0 Å². The van der Waals surface area contributed by atoms with Gasteiger partial charge in [-0.05, 0) is 72.4 Å². The molecule has 0 bridgehead atoms. The van der Waals surface area contributed by atoms with Crippen LogP contribution < -0.4 is 0 Å². The zero-order valence-corrected chi connectivity index (χ0v) is 19.5. The largest absolute Gasteiger partial charge is 0.269 e. The van der Waals surface area contributed by atoms with E-state index in [0.29, 0.717) is 15.4 Å². The Bertz CT molecular complexity index is 852. The highest BCUT2D eigenvalue weighted by molar-refractivity contribution is 9.11. The second kappa shape index (κ2) is 7.57. The molecule has 0 radical (unpaired) electrons. The van der Waals surface area contributed by atoms with E-state index in [-0.39, 0.29) is 11.8 Å². The molecule has 0 aliphatic heterocycles. The standard InChI is InChI=1S/C19H25Br2NO2S/c1-11(2)14-7-16(12(3)4)19(17(8-14)13(5)6)25(23,24)22-10-15(20)9-18(22)21/h7-13H,1-6H3. The summed E-state index contributed by atoms with van der Waals surface area (Å²) in [6, 6.07) is 5.85. The fourth-order valence-corrected chi connectivity index (χ4v) is 6.56. The molecule has 1 heterocycles. The normalized spacial score (nSPS) is 12.6. The highest BCUT2D eigenvalue weighted by atomic mass is 79.9. The van der Waals surface area contributed by atoms with Crippen molar-refractivity contribution in [2.45, 2.75) is 64.2 Å². The van der Waals surface area contributed by atoms with Gasteiger partial charge in [0.2, 0.25) is 0 Å². The van der Waals surface area contributed by atoms with Gasteiger partial charge in [-0.1, -0.05) is 53.7 Å². The van der Waals surface area contributed by atoms with E-state index in [9.17, 15) is 8.42 Å². The zero-order valence-electron chi connectivity index (χ0n) is 15.5. The minimum Gasteiger partial charge on any atom is -0.234 e. The van der Waals surface area contributed by atoms with Gasteiger partial charge < -0.3 is 0 Å². The minimum absolute atomic E-state index is 0.110. The predicted molar refractivity (Wildman–Crippen MR) is 111 cm³/mol. The fourth-order valence-electron chi connectivity index (χ4n) is 2.86. The maximum atomic E-state index is 13.5. The van der Waals surface area contributed by atoms with Crippen molar-refractivity contribution in [1.82, 2.24) is 3.97 Å². The van der Waals surface area contributed by atoms with Crippen LogP contribution >= 0.6 is 31.9 Å². The maximum absolute atomic E-state index is 13.5. The predicted octanol–water partition coefficient (Wildman–Crippen LogP) is 6.62. The Labute approximate surface area is 168 Å². The number of rotatable bonds is 5. The number of hydrogen-bond acceptors (Lipinski definition) is 2. The molecule has 0 N–H and O–H groups in total. The lowest BCUT2D eigenvalue weighted by molar-refractivity contribution is 0.581. The number of halogens is 2. The lowest BCUT2D eigenvalue weighted by Crippen LogP contribution is -2.18. The molecule has 3 nitrogen and oxygen atoms in total. The zero-order chi connectivity index (χ0) is 19.1. The first kappa shape index (κ1) is 20.7. The SMILES string of the molecule is CC(C)c1cc(C(C)C)c(S(=O)(=O)n2cc(Br)cc2Br)c(C(C)C)c1. The van der Waals surface area contributed by atoms with Crippen molar-refractivity contribution in [3.05, 3.63) is 50.2 Å². The number of hydrogen-bond donors (Lipinski definition) is 0. The van der Waals surface area contributed by atoms with E-state index in [1.807, 2.05) is 27.7 Å². The van der Waals surface area contributed by atoms with Crippen molar-refractivity contribution < 1.29 is 8.42 Å². The topological polar surface area (TPSA) is 39.1 Å². The van der Waals surface area contributed by atoms with Crippen LogP contribution in [0, 0.1) is 0 Å². The Balaban J connectivity index is 2.89. The van der Waals surface area contributed by atoms with Crippen molar-refractivity contribution in [3.8, 4) is 0 Å². The van der Waals surface area contributed by atoms with Crippen LogP contribution in [0.4, 0.5) is 0 Å². The average Bonchev–Trinajstić information content (AvgIpc) is 2.84. The van der Waals surface area contributed by atoms with E-state index < -0.39 is 10.0 Å². The van der Waals surface area contributed by atoms with Gasteiger partial charge >= 0.3 is 0 Å². The third-order valence-electron chi connectivity index (χ3n) is 4.30. The van der Waals surface area contributed by atoms with Crippen LogP contribution in [0.15, 0.2) is 38.4 Å². The van der Waals surface area contributed by atoms with Crippen LogP contribution in [-0.2, 0) is 10.0 Å². The summed E-state index contributed by atoms with van der Waals surface area (Å²) in [7, 11) is -3.70. The average molecular weight is 491 g/mol. The lowest BCUT2D eigenvalue weighted by Gasteiger charge is -2.23. The van der Waals surface area contributed by atoms with Crippen LogP contribution in [0.1, 0.15) is 76.0 Å². The lowest BCUT2D eigenvalue weighted by atomic mass is 9.89. The Kier molecular flexibility index (Phi) is 6.27. The molecule has 0 saturated heterocycles. The van der Waals surface area contributed by atoms with Gasteiger partial charge in [-0.3, -0.25) is 0 Å². The molecule has 138 valence electrons. The first-order valence-corrected chi connectivity index (χ1v) is 11.5. The molecule has 0 atom stereocenters. The molecular formula is C19H25Br2NO2S. The fraction of sp³-hybridized carbons (Fsp3) is 0.474. The van der Waals surface area contributed by atoms with Crippen LogP contribution in [0.3, 0.4) is 0 Å². The summed E-state index contributed by atoms with van der Waals surface area (Å²) in [5, 5.41) is 0. The monoisotopic (exact) mass is 489 g/mol. The summed E-state index contributed by atoms with van der Waals surface area (Å²) in [6.07, 6.45) is 1.59. The van der Waals surface area contributed by atoms with Gasteiger partial charge in [-0.25, -0.2) is 12.4 Å². The van der Waals surface area contributed by atoms with Gasteiger partial charge in [-0.15, -0.1) is 0 Å². The van der Waals surface area contributed by atoms with Gasteiger partial charge in [0.1, 0.15) is 4.60 Å². The van der Waals surface area contributed by atoms with Crippen molar-refractivity contribution in [3.63, 3.8) is 0 Å². The van der Waals surface area contributed by atoms with E-state index in [2.05, 4.69) is 57.8 Å². The second-order valence-electron chi connectivity index (χ2n) is 7.27. The van der Waals surface area contributed by atoms with Gasteiger partial charge in [-0.2, -0.15) is 0 Å². The smallest absolute Gasteiger partial charge is 0.234 e. The van der Waals surface area contributed by atoms with Crippen molar-refractivity contribution >= 4 is 41.9 Å². The molecule has 0 saturated carbocycles. The summed E-state index contributed by atoms with van der Waals surface area (Å²) in [5.74, 6) is 0.566. The van der Waals surface area contributed by atoms with E-state index >= 15 is 0 Å². The quantitative estimate of drug-likeness (QED) is 0.472. The summed E-state index contributed by atoms with van der Waals surface area (Å²) in [5.41, 5.74) is 2.94. The van der Waals surface area contributed by atoms with Crippen molar-refractivity contribution in [2.75, 3.05) is 0 Å². The van der Waals surface area contributed by atoms with Crippen LogP contribution in [0.5, 0.6) is 0 Å². The van der Waals surface area contributed by atoms with Gasteiger partial charge in [0, 0.05) is 10.7 Å². The van der Waals surface area contributed by atoms with E-state index in [1.54, 1.807) is 12.3 Å². The Morgan fingerprint density at radius 1 is 0.840 bits per heavy atom. The highest BCUT2D eigenvalue weighted by Crippen LogP contribution is 2.37. The molecule has 0 fully saturated rings. The molecule has 25 heavy (non-hydrogen) atoms.